The molecule has 4 heteroatoms. The van der Waals surface area contributed by atoms with Crippen LogP contribution in [0.25, 0.3) is 22.2 Å². The third-order valence-electron chi connectivity index (χ3n) is 3.58. The maximum Gasteiger partial charge on any atom is 0.123 e. The predicted molar refractivity (Wildman–Crippen MR) is 90.8 cm³/mol. The van der Waals surface area contributed by atoms with Gasteiger partial charge in [-0.2, -0.15) is 0 Å². The summed E-state index contributed by atoms with van der Waals surface area (Å²) in [6, 6.07) is 14.5. The highest BCUT2D eigenvalue weighted by Crippen LogP contribution is 2.30. The van der Waals surface area contributed by atoms with E-state index in [4.69, 9.17) is 0 Å². The summed E-state index contributed by atoms with van der Waals surface area (Å²) in [5.41, 5.74) is 4.46. The molecule has 2 aromatic carbocycles. The highest BCUT2D eigenvalue weighted by atomic mass is 19.1. The first-order valence-electron chi connectivity index (χ1n) is 7.33. The summed E-state index contributed by atoms with van der Waals surface area (Å²) in [5, 5.41) is 7.55. The van der Waals surface area contributed by atoms with Crippen molar-refractivity contribution < 1.29 is 4.39 Å². The number of aromatic nitrogens is 1. The van der Waals surface area contributed by atoms with Gasteiger partial charge in [0.1, 0.15) is 5.82 Å². The summed E-state index contributed by atoms with van der Waals surface area (Å²) in [4.78, 5) is 4.67. The Morgan fingerprint density at radius 3 is 2.68 bits per heavy atom. The molecule has 3 nitrogen and oxygen atoms in total. The Labute approximate surface area is 129 Å². The third-order valence-corrected chi connectivity index (χ3v) is 3.58. The Morgan fingerprint density at radius 2 is 1.95 bits per heavy atom. The van der Waals surface area contributed by atoms with E-state index in [9.17, 15) is 4.39 Å². The SMILES string of the molecule is CCNc1cc(-c2cccc(F)c2)nc2ccc(NC)cc12. The second-order valence-corrected chi connectivity index (χ2v) is 5.08. The largest absolute Gasteiger partial charge is 0.388 e. The van der Waals surface area contributed by atoms with Crippen LogP contribution in [0.4, 0.5) is 15.8 Å². The average molecular weight is 295 g/mol. The Bertz CT molecular complexity index is 815. The molecular formula is C18H18FN3. The number of pyridine rings is 1. The van der Waals surface area contributed by atoms with Gasteiger partial charge in [-0.15, -0.1) is 0 Å². The number of hydrogen-bond acceptors (Lipinski definition) is 3. The number of benzene rings is 2. The van der Waals surface area contributed by atoms with Gasteiger partial charge in [0.25, 0.3) is 0 Å². The minimum atomic E-state index is -0.255. The summed E-state index contributed by atoms with van der Waals surface area (Å²) in [6.07, 6.45) is 0. The lowest BCUT2D eigenvalue weighted by Crippen LogP contribution is -2.00. The quantitative estimate of drug-likeness (QED) is 0.743. The zero-order chi connectivity index (χ0) is 15.5. The molecule has 0 aliphatic heterocycles. The Hall–Kier alpha value is -2.62. The maximum absolute atomic E-state index is 13.5. The maximum atomic E-state index is 13.5. The molecule has 22 heavy (non-hydrogen) atoms. The summed E-state index contributed by atoms with van der Waals surface area (Å²) in [5.74, 6) is -0.255. The lowest BCUT2D eigenvalue weighted by Gasteiger charge is -2.12. The van der Waals surface area contributed by atoms with Gasteiger partial charge in [0.2, 0.25) is 0 Å². The molecule has 1 aromatic heterocycles. The van der Waals surface area contributed by atoms with Crippen molar-refractivity contribution >= 4 is 22.3 Å². The third kappa shape index (κ3) is 2.72. The number of halogens is 1. The van der Waals surface area contributed by atoms with E-state index < -0.39 is 0 Å². The molecule has 3 rings (SSSR count). The van der Waals surface area contributed by atoms with Crippen LogP contribution in [-0.2, 0) is 0 Å². The van der Waals surface area contributed by atoms with Crippen LogP contribution >= 0.6 is 0 Å². The number of nitrogens with zero attached hydrogens (tertiary/aromatic N) is 1. The number of rotatable bonds is 4. The molecule has 112 valence electrons. The molecule has 1 heterocycles. The average Bonchev–Trinajstić information content (AvgIpc) is 2.54. The Morgan fingerprint density at radius 1 is 1.09 bits per heavy atom. The monoisotopic (exact) mass is 295 g/mol. The van der Waals surface area contributed by atoms with Crippen LogP contribution in [0.1, 0.15) is 6.92 Å². The van der Waals surface area contributed by atoms with Gasteiger partial charge in [0.05, 0.1) is 11.2 Å². The highest BCUT2D eigenvalue weighted by Gasteiger charge is 2.08. The molecule has 0 fully saturated rings. The molecule has 0 saturated heterocycles. The van der Waals surface area contributed by atoms with E-state index in [2.05, 4.69) is 28.6 Å². The number of hydrogen-bond donors (Lipinski definition) is 2. The Balaban J connectivity index is 2.21. The van der Waals surface area contributed by atoms with Crippen LogP contribution in [-0.4, -0.2) is 18.6 Å². The van der Waals surface area contributed by atoms with E-state index in [0.717, 1.165) is 40.1 Å². The standard InChI is InChI=1S/C18H18FN3/c1-3-21-18-11-17(12-5-4-6-13(19)9-12)22-16-8-7-14(20-2)10-15(16)18/h4-11,20H,3H2,1-2H3,(H,21,22). The fourth-order valence-corrected chi connectivity index (χ4v) is 2.51. The van der Waals surface area contributed by atoms with E-state index in [1.165, 1.54) is 12.1 Å². The number of nitrogens with one attached hydrogen (secondary N) is 2. The second-order valence-electron chi connectivity index (χ2n) is 5.08. The van der Waals surface area contributed by atoms with Crippen molar-refractivity contribution in [2.75, 3.05) is 24.2 Å². The first-order chi connectivity index (χ1) is 10.7. The normalized spacial score (nSPS) is 10.7. The molecule has 0 spiro atoms. The highest BCUT2D eigenvalue weighted by molar-refractivity contribution is 5.95. The van der Waals surface area contributed by atoms with Crippen molar-refractivity contribution in [2.45, 2.75) is 6.92 Å². The molecule has 0 unspecified atom stereocenters. The van der Waals surface area contributed by atoms with Gasteiger partial charge in [-0.3, -0.25) is 0 Å². The van der Waals surface area contributed by atoms with Gasteiger partial charge in [-0.05, 0) is 43.3 Å². The molecule has 2 N–H and O–H groups in total. The van der Waals surface area contributed by atoms with Crippen LogP contribution in [0.15, 0.2) is 48.5 Å². The van der Waals surface area contributed by atoms with E-state index >= 15 is 0 Å². The van der Waals surface area contributed by atoms with Crippen molar-refractivity contribution in [3.8, 4) is 11.3 Å². The van der Waals surface area contributed by atoms with E-state index in [-0.39, 0.29) is 5.82 Å². The zero-order valence-electron chi connectivity index (χ0n) is 12.7. The molecule has 0 aliphatic rings. The lowest BCUT2D eigenvalue weighted by atomic mass is 10.1. The van der Waals surface area contributed by atoms with Gasteiger partial charge >= 0.3 is 0 Å². The molecule has 0 saturated carbocycles. The van der Waals surface area contributed by atoms with Gasteiger partial charge in [-0.1, -0.05) is 12.1 Å². The molecular weight excluding hydrogens is 277 g/mol. The van der Waals surface area contributed by atoms with Crippen molar-refractivity contribution in [2.24, 2.45) is 0 Å². The summed E-state index contributed by atoms with van der Waals surface area (Å²) in [7, 11) is 1.89. The molecule has 0 amide bonds. The van der Waals surface area contributed by atoms with Crippen molar-refractivity contribution in [3.05, 3.63) is 54.3 Å². The minimum absolute atomic E-state index is 0.255. The summed E-state index contributed by atoms with van der Waals surface area (Å²) in [6.45, 7) is 2.86. The van der Waals surface area contributed by atoms with Crippen LogP contribution in [0, 0.1) is 5.82 Å². The van der Waals surface area contributed by atoms with Crippen LogP contribution in [0.5, 0.6) is 0 Å². The smallest absolute Gasteiger partial charge is 0.123 e. The summed E-state index contributed by atoms with van der Waals surface area (Å²) >= 11 is 0. The number of anilines is 2. The van der Waals surface area contributed by atoms with Crippen LogP contribution < -0.4 is 10.6 Å². The molecule has 0 bridgehead atoms. The molecule has 3 aromatic rings. The van der Waals surface area contributed by atoms with Crippen molar-refractivity contribution in [3.63, 3.8) is 0 Å². The lowest BCUT2D eigenvalue weighted by molar-refractivity contribution is 0.628. The fraction of sp³-hybridized carbons (Fsp3) is 0.167. The zero-order valence-corrected chi connectivity index (χ0v) is 12.7. The summed E-state index contributed by atoms with van der Waals surface area (Å²) < 4.78 is 13.5. The van der Waals surface area contributed by atoms with E-state index in [1.54, 1.807) is 6.07 Å². The Kier molecular flexibility index (Phi) is 3.92. The van der Waals surface area contributed by atoms with Gasteiger partial charge in [-0.25, -0.2) is 9.37 Å². The minimum Gasteiger partial charge on any atom is -0.388 e. The van der Waals surface area contributed by atoms with E-state index in [0.29, 0.717) is 0 Å². The van der Waals surface area contributed by atoms with Crippen molar-refractivity contribution in [1.82, 2.24) is 4.98 Å². The number of fused-ring (bicyclic) bond motifs is 1. The predicted octanol–water partition coefficient (Wildman–Crippen LogP) is 4.51. The van der Waals surface area contributed by atoms with Gasteiger partial charge in [0.15, 0.2) is 0 Å². The van der Waals surface area contributed by atoms with E-state index in [1.807, 2.05) is 31.3 Å². The van der Waals surface area contributed by atoms with Crippen LogP contribution in [0.3, 0.4) is 0 Å². The molecule has 0 aliphatic carbocycles. The van der Waals surface area contributed by atoms with Gasteiger partial charge < -0.3 is 10.6 Å². The van der Waals surface area contributed by atoms with Crippen molar-refractivity contribution in [1.29, 1.82) is 0 Å². The molecule has 0 atom stereocenters. The second kappa shape index (κ2) is 6.02. The van der Waals surface area contributed by atoms with Gasteiger partial charge in [0, 0.05) is 35.9 Å². The van der Waals surface area contributed by atoms with Crippen LogP contribution in [0.2, 0.25) is 0 Å². The molecule has 0 radical (unpaired) electrons. The fourth-order valence-electron chi connectivity index (χ4n) is 2.51. The first kappa shape index (κ1) is 14.3. The first-order valence-corrected chi connectivity index (χ1v) is 7.33. The topological polar surface area (TPSA) is 37.0 Å².